The van der Waals surface area contributed by atoms with Gasteiger partial charge in [0.1, 0.15) is 0 Å². The molecule has 0 saturated heterocycles. The van der Waals surface area contributed by atoms with Gasteiger partial charge >= 0.3 is 0 Å². The molecule has 1 aromatic carbocycles. The first kappa shape index (κ1) is 9.51. The van der Waals surface area contributed by atoms with Gasteiger partial charge in [-0.1, -0.05) is 13.8 Å². The third kappa shape index (κ3) is 1.47. The second-order valence-corrected chi connectivity index (χ2v) is 3.45. The molecule has 0 radical (unpaired) electrons. The molecular formula is C9H16N4. The lowest BCUT2D eigenvalue weighted by atomic mass is 9.97. The van der Waals surface area contributed by atoms with E-state index in [1.807, 2.05) is 13.8 Å². The largest absolute Gasteiger partial charge is 0.398 e. The van der Waals surface area contributed by atoms with E-state index in [2.05, 4.69) is 0 Å². The molecule has 72 valence electrons. The van der Waals surface area contributed by atoms with Gasteiger partial charge in [0.2, 0.25) is 0 Å². The summed E-state index contributed by atoms with van der Waals surface area (Å²) in [5.41, 5.74) is 25.7. The average Bonchev–Trinajstić information content (AvgIpc) is 1.99. The molecule has 0 unspecified atom stereocenters. The minimum atomic E-state index is 0.253. The summed E-state index contributed by atoms with van der Waals surface area (Å²) in [6, 6.07) is 1.65. The van der Waals surface area contributed by atoms with Gasteiger partial charge in [-0.2, -0.15) is 0 Å². The van der Waals surface area contributed by atoms with Crippen LogP contribution in [-0.2, 0) is 0 Å². The highest BCUT2D eigenvalue weighted by Crippen LogP contribution is 2.36. The molecule has 0 spiro atoms. The van der Waals surface area contributed by atoms with Crippen LogP contribution in [0.4, 0.5) is 22.7 Å². The van der Waals surface area contributed by atoms with Crippen molar-refractivity contribution < 1.29 is 0 Å². The van der Waals surface area contributed by atoms with Crippen LogP contribution in [0.1, 0.15) is 25.3 Å². The molecule has 0 saturated carbocycles. The lowest BCUT2D eigenvalue weighted by Gasteiger charge is -2.16. The first-order chi connectivity index (χ1) is 5.95. The number of hydrogen-bond acceptors (Lipinski definition) is 4. The minimum Gasteiger partial charge on any atom is -0.398 e. The summed E-state index contributed by atoms with van der Waals surface area (Å²) < 4.78 is 0. The summed E-state index contributed by atoms with van der Waals surface area (Å²) >= 11 is 0. The van der Waals surface area contributed by atoms with Crippen LogP contribution in [-0.4, -0.2) is 0 Å². The molecule has 4 heteroatoms. The van der Waals surface area contributed by atoms with Gasteiger partial charge in [0, 0.05) is 11.3 Å². The van der Waals surface area contributed by atoms with Crippen molar-refractivity contribution in [3.8, 4) is 0 Å². The zero-order valence-corrected chi connectivity index (χ0v) is 7.96. The van der Waals surface area contributed by atoms with Crippen molar-refractivity contribution in [3.63, 3.8) is 0 Å². The molecular weight excluding hydrogens is 164 g/mol. The fraction of sp³-hybridized carbons (Fsp3) is 0.333. The maximum absolute atomic E-state index is 5.80. The Morgan fingerprint density at radius 2 is 1.46 bits per heavy atom. The number of benzene rings is 1. The highest BCUT2D eigenvalue weighted by molar-refractivity contribution is 5.85. The second kappa shape index (κ2) is 3.05. The van der Waals surface area contributed by atoms with Gasteiger partial charge in [-0.25, -0.2) is 0 Å². The standard InChI is InChI=1S/C9H16N4/c1-4(2)7-5(10)3-6(11)8(12)9(7)13/h3-4H,10-13H2,1-2H3. The van der Waals surface area contributed by atoms with Crippen LogP contribution in [0.3, 0.4) is 0 Å². The van der Waals surface area contributed by atoms with Gasteiger partial charge < -0.3 is 22.9 Å². The Labute approximate surface area is 77.9 Å². The molecule has 1 rings (SSSR count). The Balaban J connectivity index is 3.44. The van der Waals surface area contributed by atoms with Crippen LogP contribution in [0, 0.1) is 0 Å². The average molecular weight is 180 g/mol. The SMILES string of the molecule is CC(C)c1c(N)cc(N)c(N)c1N. The fourth-order valence-electron chi connectivity index (χ4n) is 1.42. The summed E-state index contributed by atoms with van der Waals surface area (Å²) in [4.78, 5) is 0. The summed E-state index contributed by atoms with van der Waals surface area (Å²) in [6.45, 7) is 4.02. The normalized spacial score (nSPS) is 10.7. The molecule has 0 atom stereocenters. The van der Waals surface area contributed by atoms with E-state index in [0.717, 1.165) is 5.56 Å². The molecule has 0 bridgehead atoms. The molecule has 1 aromatic rings. The van der Waals surface area contributed by atoms with Crippen molar-refractivity contribution in [1.29, 1.82) is 0 Å². The molecule has 8 N–H and O–H groups in total. The number of hydrogen-bond donors (Lipinski definition) is 4. The lowest BCUT2D eigenvalue weighted by molar-refractivity contribution is 0.874. The van der Waals surface area contributed by atoms with E-state index in [4.69, 9.17) is 22.9 Å². The van der Waals surface area contributed by atoms with Gasteiger partial charge in [-0.05, 0) is 12.0 Å². The maximum atomic E-state index is 5.80. The quantitative estimate of drug-likeness (QED) is 0.486. The van der Waals surface area contributed by atoms with E-state index in [1.165, 1.54) is 0 Å². The Morgan fingerprint density at radius 1 is 0.923 bits per heavy atom. The van der Waals surface area contributed by atoms with E-state index in [9.17, 15) is 0 Å². The second-order valence-electron chi connectivity index (χ2n) is 3.45. The van der Waals surface area contributed by atoms with Crippen molar-refractivity contribution in [2.75, 3.05) is 22.9 Å². The van der Waals surface area contributed by atoms with Gasteiger partial charge in [0.05, 0.1) is 17.1 Å². The molecule has 0 heterocycles. The first-order valence-corrected chi connectivity index (χ1v) is 4.18. The zero-order chi connectivity index (χ0) is 10.2. The van der Waals surface area contributed by atoms with Crippen molar-refractivity contribution in [2.45, 2.75) is 19.8 Å². The van der Waals surface area contributed by atoms with Crippen molar-refractivity contribution in [3.05, 3.63) is 11.6 Å². The number of rotatable bonds is 1. The zero-order valence-electron chi connectivity index (χ0n) is 7.96. The van der Waals surface area contributed by atoms with Gasteiger partial charge in [0.25, 0.3) is 0 Å². The lowest BCUT2D eigenvalue weighted by Crippen LogP contribution is -2.08. The van der Waals surface area contributed by atoms with E-state index in [-0.39, 0.29) is 5.92 Å². The van der Waals surface area contributed by atoms with Crippen molar-refractivity contribution in [1.82, 2.24) is 0 Å². The molecule has 13 heavy (non-hydrogen) atoms. The van der Waals surface area contributed by atoms with Gasteiger partial charge in [-0.3, -0.25) is 0 Å². The predicted octanol–water partition coefficient (Wildman–Crippen LogP) is 1.14. The number of anilines is 4. The van der Waals surface area contributed by atoms with Crippen molar-refractivity contribution in [2.24, 2.45) is 0 Å². The molecule has 0 aromatic heterocycles. The van der Waals surface area contributed by atoms with Crippen LogP contribution in [0.5, 0.6) is 0 Å². The Hall–Kier alpha value is -1.58. The van der Waals surface area contributed by atoms with E-state index in [0.29, 0.717) is 22.7 Å². The number of nitrogen functional groups attached to an aromatic ring is 4. The van der Waals surface area contributed by atoms with Crippen molar-refractivity contribution >= 4 is 22.7 Å². The van der Waals surface area contributed by atoms with E-state index in [1.54, 1.807) is 6.07 Å². The van der Waals surface area contributed by atoms with E-state index < -0.39 is 0 Å². The molecule has 0 aliphatic rings. The summed E-state index contributed by atoms with van der Waals surface area (Å²) in [7, 11) is 0. The molecule has 0 fully saturated rings. The van der Waals surface area contributed by atoms with Crippen LogP contribution < -0.4 is 22.9 Å². The monoisotopic (exact) mass is 180 g/mol. The topological polar surface area (TPSA) is 104 Å². The molecule has 4 nitrogen and oxygen atoms in total. The van der Waals surface area contributed by atoms with E-state index >= 15 is 0 Å². The maximum Gasteiger partial charge on any atom is 0.0785 e. The van der Waals surface area contributed by atoms with Crippen LogP contribution in [0.25, 0.3) is 0 Å². The van der Waals surface area contributed by atoms with Gasteiger partial charge in [-0.15, -0.1) is 0 Å². The Kier molecular flexibility index (Phi) is 2.23. The number of nitrogens with two attached hydrogens (primary N) is 4. The summed E-state index contributed by atoms with van der Waals surface area (Å²) in [5.74, 6) is 0.253. The summed E-state index contributed by atoms with van der Waals surface area (Å²) in [6.07, 6.45) is 0. The smallest absolute Gasteiger partial charge is 0.0785 e. The minimum absolute atomic E-state index is 0.253. The first-order valence-electron chi connectivity index (χ1n) is 4.18. The Morgan fingerprint density at radius 3 is 1.92 bits per heavy atom. The fourth-order valence-corrected chi connectivity index (χ4v) is 1.42. The highest BCUT2D eigenvalue weighted by atomic mass is 14.8. The van der Waals surface area contributed by atoms with Crippen LogP contribution in [0.2, 0.25) is 0 Å². The van der Waals surface area contributed by atoms with Gasteiger partial charge in [0.15, 0.2) is 0 Å². The molecule has 0 aliphatic heterocycles. The van der Waals surface area contributed by atoms with Crippen LogP contribution in [0.15, 0.2) is 6.07 Å². The Bertz CT molecular complexity index is 331. The predicted molar refractivity (Wildman–Crippen MR) is 58.2 cm³/mol. The third-order valence-corrected chi connectivity index (χ3v) is 2.09. The highest BCUT2D eigenvalue weighted by Gasteiger charge is 2.13. The molecule has 0 aliphatic carbocycles. The molecule has 0 amide bonds. The van der Waals surface area contributed by atoms with Crippen LogP contribution >= 0.6 is 0 Å². The third-order valence-electron chi connectivity index (χ3n) is 2.09. The summed E-state index contributed by atoms with van der Waals surface area (Å²) in [5, 5.41) is 0.